The molecule has 0 saturated heterocycles. The fraction of sp³-hybridized carbons (Fsp3) is 0.467. The summed E-state index contributed by atoms with van der Waals surface area (Å²) < 4.78 is 0. The molecule has 110 valence electrons. The SMILES string of the molecule is CCC[C@H](C)N(C)C(=O)Nc1cccc(C(=O)NC)c1. The lowest BCUT2D eigenvalue weighted by molar-refractivity contribution is 0.0963. The summed E-state index contributed by atoms with van der Waals surface area (Å²) in [4.78, 5) is 25.3. The van der Waals surface area contributed by atoms with Crippen LogP contribution in [0.15, 0.2) is 24.3 Å². The topological polar surface area (TPSA) is 61.4 Å². The third-order valence-corrected chi connectivity index (χ3v) is 3.29. The Kier molecular flexibility index (Phi) is 6.03. The molecule has 0 bridgehead atoms. The molecule has 0 aliphatic heterocycles. The van der Waals surface area contributed by atoms with Gasteiger partial charge in [-0.05, 0) is 31.5 Å². The number of benzene rings is 1. The van der Waals surface area contributed by atoms with Gasteiger partial charge in [0, 0.05) is 31.4 Å². The fourth-order valence-electron chi connectivity index (χ4n) is 1.91. The van der Waals surface area contributed by atoms with Gasteiger partial charge in [-0.15, -0.1) is 0 Å². The molecule has 1 aromatic rings. The molecule has 0 aromatic heterocycles. The Labute approximate surface area is 120 Å². The predicted octanol–water partition coefficient (Wildman–Crippen LogP) is 2.70. The van der Waals surface area contributed by atoms with Gasteiger partial charge in [0.2, 0.25) is 0 Å². The Morgan fingerprint density at radius 3 is 2.65 bits per heavy atom. The minimum Gasteiger partial charge on any atom is -0.355 e. The fourth-order valence-corrected chi connectivity index (χ4v) is 1.91. The zero-order chi connectivity index (χ0) is 15.1. The maximum Gasteiger partial charge on any atom is 0.321 e. The van der Waals surface area contributed by atoms with Crippen LogP contribution in [0.3, 0.4) is 0 Å². The van der Waals surface area contributed by atoms with Crippen molar-refractivity contribution in [1.82, 2.24) is 10.2 Å². The Hall–Kier alpha value is -2.04. The van der Waals surface area contributed by atoms with Gasteiger partial charge < -0.3 is 15.5 Å². The summed E-state index contributed by atoms with van der Waals surface area (Å²) in [6, 6.07) is 6.90. The van der Waals surface area contributed by atoms with Crippen LogP contribution in [0.1, 0.15) is 37.0 Å². The van der Waals surface area contributed by atoms with Gasteiger partial charge in [-0.3, -0.25) is 4.79 Å². The van der Waals surface area contributed by atoms with Crippen molar-refractivity contribution in [1.29, 1.82) is 0 Å². The van der Waals surface area contributed by atoms with E-state index in [9.17, 15) is 9.59 Å². The third-order valence-electron chi connectivity index (χ3n) is 3.29. The number of carbonyl (C=O) groups is 2. The van der Waals surface area contributed by atoms with E-state index in [-0.39, 0.29) is 18.0 Å². The Morgan fingerprint density at radius 1 is 1.35 bits per heavy atom. The van der Waals surface area contributed by atoms with Crippen molar-refractivity contribution in [2.45, 2.75) is 32.7 Å². The first kappa shape index (κ1) is 16.0. The molecule has 0 aliphatic rings. The summed E-state index contributed by atoms with van der Waals surface area (Å²) in [6.45, 7) is 4.11. The lowest BCUT2D eigenvalue weighted by Gasteiger charge is -2.25. The molecule has 20 heavy (non-hydrogen) atoms. The van der Waals surface area contributed by atoms with Gasteiger partial charge in [-0.1, -0.05) is 19.4 Å². The maximum atomic E-state index is 12.1. The van der Waals surface area contributed by atoms with E-state index in [1.54, 1.807) is 43.3 Å². The molecule has 0 heterocycles. The number of carbonyl (C=O) groups excluding carboxylic acids is 2. The summed E-state index contributed by atoms with van der Waals surface area (Å²) in [7, 11) is 3.35. The number of nitrogens with zero attached hydrogens (tertiary/aromatic N) is 1. The van der Waals surface area contributed by atoms with Crippen molar-refractivity contribution < 1.29 is 9.59 Å². The molecule has 0 fully saturated rings. The largest absolute Gasteiger partial charge is 0.355 e. The molecule has 0 spiro atoms. The number of hydrogen-bond donors (Lipinski definition) is 2. The Morgan fingerprint density at radius 2 is 2.05 bits per heavy atom. The Balaban J connectivity index is 2.73. The molecule has 5 nitrogen and oxygen atoms in total. The standard InChI is InChI=1S/C15H23N3O2/c1-5-7-11(2)18(4)15(20)17-13-9-6-8-12(10-13)14(19)16-3/h6,8-11H,5,7H2,1-4H3,(H,16,19)(H,17,20)/t11-/m0/s1. The van der Waals surface area contributed by atoms with Gasteiger partial charge in [-0.2, -0.15) is 0 Å². The van der Waals surface area contributed by atoms with Crippen molar-refractivity contribution in [3.05, 3.63) is 29.8 Å². The Bertz CT molecular complexity index is 474. The molecule has 0 saturated carbocycles. The summed E-state index contributed by atoms with van der Waals surface area (Å²) >= 11 is 0. The number of nitrogens with one attached hydrogen (secondary N) is 2. The van der Waals surface area contributed by atoms with Gasteiger partial charge in [0.05, 0.1) is 0 Å². The molecule has 0 aliphatic carbocycles. The summed E-state index contributed by atoms with van der Waals surface area (Å²) in [6.07, 6.45) is 1.99. The third kappa shape index (κ3) is 4.26. The number of rotatable bonds is 5. The second-order valence-electron chi connectivity index (χ2n) is 4.84. The first-order chi connectivity index (χ1) is 9.49. The van der Waals surface area contributed by atoms with Crippen LogP contribution < -0.4 is 10.6 Å². The average molecular weight is 277 g/mol. The molecular formula is C15H23N3O2. The zero-order valence-corrected chi connectivity index (χ0v) is 12.6. The van der Waals surface area contributed by atoms with E-state index in [1.165, 1.54) is 0 Å². The van der Waals surface area contributed by atoms with E-state index < -0.39 is 0 Å². The van der Waals surface area contributed by atoms with Crippen LogP contribution >= 0.6 is 0 Å². The van der Waals surface area contributed by atoms with Crippen LogP contribution in [0.5, 0.6) is 0 Å². The minimum absolute atomic E-state index is 0.167. The van der Waals surface area contributed by atoms with Gasteiger partial charge in [0.25, 0.3) is 5.91 Å². The van der Waals surface area contributed by atoms with Crippen LogP contribution in [0.4, 0.5) is 10.5 Å². The van der Waals surface area contributed by atoms with Crippen LogP contribution in [0.25, 0.3) is 0 Å². The second kappa shape index (κ2) is 7.53. The van der Waals surface area contributed by atoms with E-state index in [2.05, 4.69) is 17.6 Å². The van der Waals surface area contributed by atoms with Gasteiger partial charge in [-0.25, -0.2) is 4.79 Å². The number of anilines is 1. The normalized spacial score (nSPS) is 11.6. The molecule has 3 amide bonds. The molecule has 0 unspecified atom stereocenters. The van der Waals surface area contributed by atoms with E-state index in [0.29, 0.717) is 11.3 Å². The summed E-state index contributed by atoms with van der Waals surface area (Å²) in [5.41, 5.74) is 1.14. The first-order valence-electron chi connectivity index (χ1n) is 6.85. The highest BCUT2D eigenvalue weighted by molar-refractivity contribution is 5.96. The molecule has 1 aromatic carbocycles. The van der Waals surface area contributed by atoms with Crippen molar-refractivity contribution in [2.24, 2.45) is 0 Å². The monoisotopic (exact) mass is 277 g/mol. The molecule has 1 atom stereocenters. The zero-order valence-electron chi connectivity index (χ0n) is 12.6. The van der Waals surface area contributed by atoms with Crippen LogP contribution in [-0.2, 0) is 0 Å². The first-order valence-corrected chi connectivity index (χ1v) is 6.85. The molecular weight excluding hydrogens is 254 g/mol. The molecule has 5 heteroatoms. The van der Waals surface area contributed by atoms with Crippen LogP contribution in [-0.4, -0.2) is 37.0 Å². The van der Waals surface area contributed by atoms with Crippen molar-refractivity contribution in [3.8, 4) is 0 Å². The second-order valence-corrected chi connectivity index (χ2v) is 4.84. The van der Waals surface area contributed by atoms with Crippen LogP contribution in [0.2, 0.25) is 0 Å². The van der Waals surface area contributed by atoms with Crippen molar-refractivity contribution in [2.75, 3.05) is 19.4 Å². The number of amides is 3. The molecule has 2 N–H and O–H groups in total. The summed E-state index contributed by atoms with van der Waals surface area (Å²) in [5.74, 6) is -0.172. The summed E-state index contributed by atoms with van der Waals surface area (Å²) in [5, 5.41) is 5.36. The van der Waals surface area contributed by atoms with Crippen LogP contribution in [0, 0.1) is 0 Å². The number of hydrogen-bond acceptors (Lipinski definition) is 2. The van der Waals surface area contributed by atoms with Crippen molar-refractivity contribution >= 4 is 17.6 Å². The molecule has 1 rings (SSSR count). The van der Waals surface area contributed by atoms with E-state index in [1.807, 2.05) is 6.92 Å². The van der Waals surface area contributed by atoms with Gasteiger partial charge >= 0.3 is 6.03 Å². The smallest absolute Gasteiger partial charge is 0.321 e. The number of urea groups is 1. The van der Waals surface area contributed by atoms with Gasteiger partial charge in [0.15, 0.2) is 0 Å². The lowest BCUT2D eigenvalue weighted by atomic mass is 10.2. The lowest BCUT2D eigenvalue weighted by Crippen LogP contribution is -2.38. The average Bonchev–Trinajstić information content (AvgIpc) is 2.46. The minimum atomic E-state index is -0.172. The highest BCUT2D eigenvalue weighted by atomic mass is 16.2. The van der Waals surface area contributed by atoms with E-state index >= 15 is 0 Å². The highest BCUT2D eigenvalue weighted by Gasteiger charge is 2.15. The molecule has 0 radical (unpaired) electrons. The van der Waals surface area contributed by atoms with E-state index in [4.69, 9.17) is 0 Å². The van der Waals surface area contributed by atoms with Crippen molar-refractivity contribution in [3.63, 3.8) is 0 Å². The van der Waals surface area contributed by atoms with E-state index in [0.717, 1.165) is 12.8 Å². The maximum absolute atomic E-state index is 12.1. The highest BCUT2D eigenvalue weighted by Crippen LogP contribution is 2.12. The van der Waals surface area contributed by atoms with Gasteiger partial charge in [0.1, 0.15) is 0 Å². The predicted molar refractivity (Wildman–Crippen MR) is 81.0 cm³/mol. The quantitative estimate of drug-likeness (QED) is 0.869.